The van der Waals surface area contributed by atoms with Crippen LogP contribution in [-0.4, -0.2) is 34.8 Å². The van der Waals surface area contributed by atoms with Gasteiger partial charge in [0.2, 0.25) is 0 Å². The molecule has 1 amide bonds. The van der Waals surface area contributed by atoms with Gasteiger partial charge in [0.05, 0.1) is 23.1 Å². The normalized spacial score (nSPS) is 17.9. The van der Waals surface area contributed by atoms with E-state index in [9.17, 15) is 4.79 Å². The molecule has 110 valence electrons. The van der Waals surface area contributed by atoms with Crippen LogP contribution in [0.4, 0.5) is 0 Å². The van der Waals surface area contributed by atoms with Crippen molar-refractivity contribution < 1.29 is 4.79 Å². The van der Waals surface area contributed by atoms with E-state index >= 15 is 0 Å². The second-order valence-electron chi connectivity index (χ2n) is 5.20. The van der Waals surface area contributed by atoms with Crippen molar-refractivity contribution in [3.05, 3.63) is 46.2 Å². The fourth-order valence-corrected chi connectivity index (χ4v) is 2.93. The average molecular weight is 349 g/mol. The molecule has 2 N–H and O–H groups in total. The predicted octanol–water partition coefficient (Wildman–Crippen LogP) is 2.03. The van der Waals surface area contributed by atoms with E-state index in [4.69, 9.17) is 0 Å². The quantitative estimate of drug-likeness (QED) is 0.892. The zero-order chi connectivity index (χ0) is 14.8. The first kappa shape index (κ1) is 14.3. The van der Waals surface area contributed by atoms with Crippen molar-refractivity contribution in [3.8, 4) is 5.69 Å². The van der Waals surface area contributed by atoms with E-state index in [0.717, 1.165) is 35.4 Å². The van der Waals surface area contributed by atoms with E-state index < -0.39 is 0 Å². The zero-order valence-corrected chi connectivity index (χ0v) is 13.4. The van der Waals surface area contributed by atoms with Crippen molar-refractivity contribution in [1.82, 2.24) is 20.4 Å². The maximum absolute atomic E-state index is 12.3. The van der Waals surface area contributed by atoms with Crippen LogP contribution in [-0.2, 0) is 0 Å². The fourth-order valence-electron chi connectivity index (χ4n) is 2.54. The summed E-state index contributed by atoms with van der Waals surface area (Å²) in [5.41, 5.74) is 2.40. The summed E-state index contributed by atoms with van der Waals surface area (Å²) in [6, 6.07) is 8.06. The summed E-state index contributed by atoms with van der Waals surface area (Å²) in [5, 5.41) is 10.6. The molecule has 2 heterocycles. The lowest BCUT2D eigenvalue weighted by Gasteiger charge is -2.11. The van der Waals surface area contributed by atoms with Crippen molar-refractivity contribution >= 4 is 21.8 Å². The summed E-state index contributed by atoms with van der Waals surface area (Å²) in [4.78, 5) is 12.3. The molecule has 1 atom stereocenters. The van der Waals surface area contributed by atoms with E-state index in [2.05, 4.69) is 31.7 Å². The fraction of sp³-hybridized carbons (Fsp3) is 0.333. The van der Waals surface area contributed by atoms with Crippen molar-refractivity contribution in [3.63, 3.8) is 0 Å². The van der Waals surface area contributed by atoms with E-state index in [1.165, 1.54) is 0 Å². The molecule has 0 radical (unpaired) electrons. The van der Waals surface area contributed by atoms with Crippen molar-refractivity contribution in [2.75, 3.05) is 13.1 Å². The number of rotatable bonds is 3. The predicted molar refractivity (Wildman–Crippen MR) is 84.7 cm³/mol. The molecule has 0 aliphatic carbocycles. The first-order valence-corrected chi connectivity index (χ1v) is 7.76. The molecule has 0 saturated carbocycles. The van der Waals surface area contributed by atoms with Gasteiger partial charge in [-0.15, -0.1) is 0 Å². The lowest BCUT2D eigenvalue weighted by molar-refractivity contribution is 0.0939. The summed E-state index contributed by atoms with van der Waals surface area (Å²) < 4.78 is 2.77. The molecule has 1 unspecified atom stereocenters. The smallest absolute Gasteiger partial charge is 0.255 e. The average Bonchev–Trinajstić information content (AvgIpc) is 3.08. The molecule has 1 aromatic carbocycles. The molecular weight excluding hydrogens is 332 g/mol. The molecule has 1 aliphatic heterocycles. The zero-order valence-electron chi connectivity index (χ0n) is 11.8. The molecule has 1 fully saturated rings. The van der Waals surface area contributed by atoms with Gasteiger partial charge in [0, 0.05) is 17.1 Å². The van der Waals surface area contributed by atoms with E-state index in [-0.39, 0.29) is 11.9 Å². The second kappa shape index (κ2) is 5.99. The number of carbonyl (C=O) groups excluding carboxylic acids is 1. The summed E-state index contributed by atoms with van der Waals surface area (Å²) >= 11 is 3.45. The van der Waals surface area contributed by atoms with Gasteiger partial charge in [0.1, 0.15) is 0 Å². The van der Waals surface area contributed by atoms with Crippen LogP contribution in [0.1, 0.15) is 22.5 Å². The number of halogens is 1. The third kappa shape index (κ3) is 3.01. The number of nitrogens with zero attached hydrogens (tertiary/aromatic N) is 2. The maximum Gasteiger partial charge on any atom is 0.255 e. The van der Waals surface area contributed by atoms with Crippen molar-refractivity contribution in [2.45, 2.75) is 19.4 Å². The van der Waals surface area contributed by atoms with Crippen molar-refractivity contribution in [2.24, 2.45) is 0 Å². The minimum atomic E-state index is -0.0533. The van der Waals surface area contributed by atoms with Gasteiger partial charge in [0.15, 0.2) is 0 Å². The minimum absolute atomic E-state index is 0.0533. The molecule has 0 bridgehead atoms. The van der Waals surface area contributed by atoms with E-state index in [1.54, 1.807) is 10.9 Å². The Morgan fingerprint density at radius 1 is 1.52 bits per heavy atom. The Kier molecular flexibility index (Phi) is 4.07. The van der Waals surface area contributed by atoms with Crippen LogP contribution in [0.25, 0.3) is 5.69 Å². The van der Waals surface area contributed by atoms with Crippen LogP contribution < -0.4 is 10.6 Å². The van der Waals surface area contributed by atoms with Crippen LogP contribution in [0.15, 0.2) is 34.9 Å². The Bertz CT molecular complexity index is 661. The molecule has 6 heteroatoms. The molecule has 1 aliphatic rings. The van der Waals surface area contributed by atoms with Crippen molar-refractivity contribution in [1.29, 1.82) is 0 Å². The second-order valence-corrected chi connectivity index (χ2v) is 6.11. The van der Waals surface area contributed by atoms with Crippen LogP contribution in [0.3, 0.4) is 0 Å². The molecule has 21 heavy (non-hydrogen) atoms. The highest BCUT2D eigenvalue weighted by atomic mass is 79.9. The highest BCUT2D eigenvalue weighted by Gasteiger charge is 2.20. The number of carbonyl (C=O) groups is 1. The van der Waals surface area contributed by atoms with Crippen LogP contribution in [0.2, 0.25) is 0 Å². The number of aromatic nitrogens is 2. The topological polar surface area (TPSA) is 59.0 Å². The van der Waals surface area contributed by atoms with E-state index in [0.29, 0.717) is 5.56 Å². The van der Waals surface area contributed by atoms with E-state index in [1.807, 2.05) is 31.2 Å². The summed E-state index contributed by atoms with van der Waals surface area (Å²) in [6.07, 6.45) is 2.61. The van der Waals surface area contributed by atoms with Crippen LogP contribution >= 0.6 is 15.9 Å². The van der Waals surface area contributed by atoms with Gasteiger partial charge >= 0.3 is 0 Å². The Hall–Kier alpha value is -1.66. The number of benzene rings is 1. The highest BCUT2D eigenvalue weighted by Crippen LogP contribution is 2.18. The van der Waals surface area contributed by atoms with Gasteiger partial charge in [-0.1, -0.05) is 22.0 Å². The number of nitrogens with one attached hydrogen (secondary N) is 2. The molecule has 3 rings (SSSR count). The third-order valence-electron chi connectivity index (χ3n) is 3.70. The standard InChI is InChI=1S/C15H17BrN4O/c1-10-14(15(21)19-12-5-6-17-8-12)9-18-20(10)13-4-2-3-11(16)7-13/h2-4,7,9,12,17H,5-6,8H2,1H3,(H,19,21). The third-order valence-corrected chi connectivity index (χ3v) is 4.20. The highest BCUT2D eigenvalue weighted by molar-refractivity contribution is 9.10. The van der Waals surface area contributed by atoms with Crippen LogP contribution in [0.5, 0.6) is 0 Å². The largest absolute Gasteiger partial charge is 0.348 e. The lowest BCUT2D eigenvalue weighted by atomic mass is 10.2. The van der Waals surface area contributed by atoms with Gasteiger partial charge in [-0.3, -0.25) is 4.79 Å². The molecule has 2 aromatic rings. The summed E-state index contributed by atoms with van der Waals surface area (Å²) in [7, 11) is 0. The van der Waals surface area contributed by atoms with Gasteiger partial charge in [-0.25, -0.2) is 4.68 Å². The number of hydrogen-bond acceptors (Lipinski definition) is 3. The first-order valence-electron chi connectivity index (χ1n) is 6.97. The van der Waals surface area contributed by atoms with Gasteiger partial charge in [-0.05, 0) is 38.1 Å². The Balaban J connectivity index is 1.83. The van der Waals surface area contributed by atoms with Gasteiger partial charge in [-0.2, -0.15) is 5.10 Å². The lowest BCUT2D eigenvalue weighted by Crippen LogP contribution is -2.36. The Labute approximate surface area is 131 Å². The molecule has 0 spiro atoms. The number of amides is 1. The van der Waals surface area contributed by atoms with Crippen LogP contribution in [0, 0.1) is 6.92 Å². The maximum atomic E-state index is 12.3. The monoisotopic (exact) mass is 348 g/mol. The molecule has 1 aromatic heterocycles. The Morgan fingerprint density at radius 3 is 3.10 bits per heavy atom. The SMILES string of the molecule is Cc1c(C(=O)NC2CCNC2)cnn1-c1cccc(Br)c1. The Morgan fingerprint density at radius 2 is 2.38 bits per heavy atom. The molecular formula is C15H17BrN4O. The number of hydrogen-bond donors (Lipinski definition) is 2. The first-order chi connectivity index (χ1) is 10.1. The molecule has 1 saturated heterocycles. The molecule has 5 nitrogen and oxygen atoms in total. The minimum Gasteiger partial charge on any atom is -0.348 e. The summed E-state index contributed by atoms with van der Waals surface area (Å²) in [5.74, 6) is -0.0533. The summed E-state index contributed by atoms with van der Waals surface area (Å²) in [6.45, 7) is 3.71. The van der Waals surface area contributed by atoms with Gasteiger partial charge < -0.3 is 10.6 Å². The van der Waals surface area contributed by atoms with Gasteiger partial charge in [0.25, 0.3) is 5.91 Å².